The quantitative estimate of drug-likeness (QED) is 0.852. The Bertz CT molecular complexity index is 540. The summed E-state index contributed by atoms with van der Waals surface area (Å²) in [5.74, 6) is 2.60. The van der Waals surface area contributed by atoms with Crippen molar-refractivity contribution in [1.29, 1.82) is 0 Å². The predicted molar refractivity (Wildman–Crippen MR) is 66.2 cm³/mol. The van der Waals surface area contributed by atoms with Crippen LogP contribution in [-0.2, 0) is 6.42 Å². The molecule has 4 nitrogen and oxygen atoms in total. The van der Waals surface area contributed by atoms with Gasteiger partial charge in [-0.25, -0.2) is 4.98 Å². The van der Waals surface area contributed by atoms with Crippen LogP contribution in [0.1, 0.15) is 46.9 Å². The Hall–Kier alpha value is -1.20. The van der Waals surface area contributed by atoms with Crippen LogP contribution in [0.3, 0.4) is 0 Å². The van der Waals surface area contributed by atoms with Crippen molar-refractivity contribution < 1.29 is 0 Å². The number of thiophene rings is 1. The van der Waals surface area contributed by atoms with Gasteiger partial charge in [0, 0.05) is 17.3 Å². The first-order valence-electron chi connectivity index (χ1n) is 6.13. The zero-order valence-corrected chi connectivity index (χ0v) is 10.3. The van der Waals surface area contributed by atoms with Crippen LogP contribution in [-0.4, -0.2) is 21.7 Å². The molecule has 1 atom stereocenters. The summed E-state index contributed by atoms with van der Waals surface area (Å²) in [6.07, 6.45) is 3.63. The van der Waals surface area contributed by atoms with Crippen molar-refractivity contribution in [2.75, 3.05) is 6.54 Å². The van der Waals surface area contributed by atoms with E-state index in [4.69, 9.17) is 0 Å². The number of rotatable bonds is 2. The van der Waals surface area contributed by atoms with Crippen LogP contribution in [0.15, 0.2) is 11.4 Å². The van der Waals surface area contributed by atoms with Crippen LogP contribution < -0.4 is 5.32 Å². The number of fused-ring (bicyclic) bond motifs is 1. The molecule has 5 heteroatoms. The molecule has 0 bridgehead atoms. The maximum Gasteiger partial charge on any atom is 0.153 e. The molecule has 88 valence electrons. The van der Waals surface area contributed by atoms with Gasteiger partial charge in [-0.1, -0.05) is 0 Å². The van der Waals surface area contributed by atoms with Crippen LogP contribution in [0, 0.1) is 0 Å². The van der Waals surface area contributed by atoms with E-state index >= 15 is 0 Å². The van der Waals surface area contributed by atoms with Gasteiger partial charge in [-0.05, 0) is 36.3 Å². The summed E-state index contributed by atoms with van der Waals surface area (Å²) in [6.45, 7) is 1.03. The fraction of sp³-hybridized carbons (Fsp3) is 0.500. The highest BCUT2D eigenvalue weighted by atomic mass is 32.1. The molecule has 17 heavy (non-hydrogen) atoms. The monoisotopic (exact) mass is 246 g/mol. The molecule has 3 heterocycles. The third-order valence-corrected chi connectivity index (χ3v) is 4.52. The Labute approximate surface area is 103 Å². The molecule has 1 unspecified atom stereocenters. The second kappa shape index (κ2) is 3.65. The molecule has 1 fully saturated rings. The van der Waals surface area contributed by atoms with Crippen LogP contribution in [0.2, 0.25) is 0 Å². The van der Waals surface area contributed by atoms with Gasteiger partial charge < -0.3 is 5.32 Å². The Morgan fingerprint density at radius 3 is 3.18 bits per heavy atom. The first-order chi connectivity index (χ1) is 8.42. The molecule has 2 N–H and O–H groups in total. The molecule has 1 aliphatic heterocycles. The third kappa shape index (κ3) is 1.61. The molecule has 0 radical (unpaired) electrons. The van der Waals surface area contributed by atoms with Crippen LogP contribution in [0.5, 0.6) is 0 Å². The van der Waals surface area contributed by atoms with E-state index in [0.29, 0.717) is 5.92 Å². The molecule has 0 spiro atoms. The minimum absolute atomic E-state index is 0.213. The summed E-state index contributed by atoms with van der Waals surface area (Å²) in [6, 6.07) is 2.42. The highest BCUT2D eigenvalue weighted by molar-refractivity contribution is 7.10. The van der Waals surface area contributed by atoms with E-state index < -0.39 is 0 Å². The van der Waals surface area contributed by atoms with E-state index in [2.05, 4.69) is 31.9 Å². The van der Waals surface area contributed by atoms with Crippen LogP contribution in [0.4, 0.5) is 0 Å². The van der Waals surface area contributed by atoms with Gasteiger partial charge >= 0.3 is 0 Å². The van der Waals surface area contributed by atoms with E-state index in [-0.39, 0.29) is 6.04 Å². The Kier molecular flexibility index (Phi) is 2.10. The molecule has 2 aromatic heterocycles. The van der Waals surface area contributed by atoms with E-state index in [1.54, 1.807) is 0 Å². The van der Waals surface area contributed by atoms with Crippen molar-refractivity contribution in [2.45, 2.75) is 31.2 Å². The molecule has 0 saturated heterocycles. The number of H-pyrrole nitrogens is 1. The third-order valence-electron chi connectivity index (χ3n) is 3.53. The lowest BCUT2D eigenvalue weighted by Crippen LogP contribution is -2.30. The number of hydrogen-bond acceptors (Lipinski definition) is 4. The standard InChI is InChI=1S/C12H14N4S/c1-2-7(1)11-14-12(16-15-11)10-8-4-6-17-9(8)3-5-13-10/h4,6-7,10,13H,1-3,5H2,(H,14,15,16). The van der Waals surface area contributed by atoms with Crippen LogP contribution in [0.25, 0.3) is 0 Å². The SMILES string of the molecule is c1cc2c(s1)CCNC2c1nc(C2CC2)n[nH]1. The number of nitrogens with one attached hydrogen (secondary N) is 2. The first-order valence-corrected chi connectivity index (χ1v) is 7.01. The normalized spacial score (nSPS) is 23.6. The average molecular weight is 246 g/mol. The highest BCUT2D eigenvalue weighted by Crippen LogP contribution is 2.38. The van der Waals surface area contributed by atoms with Gasteiger partial charge in [0.05, 0.1) is 6.04 Å². The summed E-state index contributed by atoms with van der Waals surface area (Å²) >= 11 is 1.85. The van der Waals surface area contributed by atoms with Gasteiger partial charge in [0.15, 0.2) is 5.82 Å². The fourth-order valence-electron chi connectivity index (χ4n) is 2.44. The lowest BCUT2D eigenvalue weighted by atomic mass is 10.0. The zero-order valence-electron chi connectivity index (χ0n) is 9.44. The van der Waals surface area contributed by atoms with Crippen molar-refractivity contribution in [2.24, 2.45) is 0 Å². The van der Waals surface area contributed by atoms with E-state index in [1.165, 1.54) is 23.3 Å². The number of aromatic nitrogens is 3. The Morgan fingerprint density at radius 2 is 2.29 bits per heavy atom. The van der Waals surface area contributed by atoms with Gasteiger partial charge in [-0.15, -0.1) is 11.3 Å². The topological polar surface area (TPSA) is 53.6 Å². The second-order valence-electron chi connectivity index (χ2n) is 4.79. The minimum atomic E-state index is 0.213. The molecule has 1 saturated carbocycles. The predicted octanol–water partition coefficient (Wildman–Crippen LogP) is 1.98. The van der Waals surface area contributed by atoms with Gasteiger partial charge in [0.1, 0.15) is 5.82 Å². The smallest absolute Gasteiger partial charge is 0.153 e. The minimum Gasteiger partial charge on any atom is -0.303 e. The Balaban J connectivity index is 1.70. The maximum absolute atomic E-state index is 4.65. The first kappa shape index (κ1) is 9.79. The van der Waals surface area contributed by atoms with E-state index in [1.807, 2.05) is 11.3 Å². The average Bonchev–Trinajstić information content (AvgIpc) is 2.93. The lowest BCUT2D eigenvalue weighted by Gasteiger charge is -2.21. The second-order valence-corrected chi connectivity index (χ2v) is 5.79. The molecule has 2 aliphatic rings. The molecule has 0 amide bonds. The summed E-state index contributed by atoms with van der Waals surface area (Å²) < 4.78 is 0. The molecule has 2 aromatic rings. The van der Waals surface area contributed by atoms with Gasteiger partial charge in [-0.2, -0.15) is 5.10 Å². The molecule has 0 aromatic carbocycles. The Morgan fingerprint density at radius 1 is 1.35 bits per heavy atom. The molecule has 4 rings (SSSR count). The largest absolute Gasteiger partial charge is 0.303 e. The molecular weight excluding hydrogens is 232 g/mol. The van der Waals surface area contributed by atoms with Crippen molar-refractivity contribution >= 4 is 11.3 Å². The van der Waals surface area contributed by atoms with Gasteiger partial charge in [-0.3, -0.25) is 5.10 Å². The van der Waals surface area contributed by atoms with Gasteiger partial charge in [0.2, 0.25) is 0 Å². The summed E-state index contributed by atoms with van der Waals surface area (Å²) in [7, 11) is 0. The molecular formula is C12H14N4S. The highest BCUT2D eigenvalue weighted by Gasteiger charge is 2.30. The number of nitrogens with zero attached hydrogens (tertiary/aromatic N) is 2. The van der Waals surface area contributed by atoms with E-state index in [9.17, 15) is 0 Å². The van der Waals surface area contributed by atoms with Crippen molar-refractivity contribution in [3.63, 3.8) is 0 Å². The van der Waals surface area contributed by atoms with Crippen molar-refractivity contribution in [3.05, 3.63) is 33.5 Å². The van der Waals surface area contributed by atoms with Crippen LogP contribution >= 0.6 is 11.3 Å². The zero-order chi connectivity index (χ0) is 11.2. The number of aromatic amines is 1. The summed E-state index contributed by atoms with van der Waals surface area (Å²) in [4.78, 5) is 6.13. The summed E-state index contributed by atoms with van der Waals surface area (Å²) in [5.41, 5.74) is 1.37. The van der Waals surface area contributed by atoms with Gasteiger partial charge in [0.25, 0.3) is 0 Å². The lowest BCUT2D eigenvalue weighted by molar-refractivity contribution is 0.551. The van der Waals surface area contributed by atoms with E-state index in [0.717, 1.165) is 24.6 Å². The fourth-order valence-corrected chi connectivity index (χ4v) is 3.36. The van der Waals surface area contributed by atoms with Crippen molar-refractivity contribution in [1.82, 2.24) is 20.5 Å². The maximum atomic E-state index is 4.65. The van der Waals surface area contributed by atoms with Crippen molar-refractivity contribution in [3.8, 4) is 0 Å². The molecule has 1 aliphatic carbocycles. The summed E-state index contributed by atoms with van der Waals surface area (Å²) in [5, 5.41) is 13.1. The number of hydrogen-bond donors (Lipinski definition) is 2.